The highest BCUT2D eigenvalue weighted by Gasteiger charge is 1.74. The summed E-state index contributed by atoms with van der Waals surface area (Å²) in [6.45, 7) is -0.250. The summed E-state index contributed by atoms with van der Waals surface area (Å²) in [5.74, 6) is 0.322. The topological polar surface area (TPSA) is 80.9 Å². The molecule has 0 aliphatic rings. The highest BCUT2D eigenvalue weighted by Crippen LogP contribution is 2.02. The average molecular weight is 188 g/mol. The standard InChI is InChI=1S/C6H6O.C2H6O2.CH4O/c7-6-4-2-1-3-5-6;3-1-2-4;1-2/h1-5,7H;3-4H,1-2H2;2H,1H3. The van der Waals surface area contributed by atoms with Crippen molar-refractivity contribution in [2.24, 2.45) is 0 Å². The SMILES string of the molecule is CO.OCCO.Oc1ccccc1. The molecule has 0 saturated heterocycles. The van der Waals surface area contributed by atoms with Gasteiger partial charge in [-0.25, -0.2) is 0 Å². The van der Waals surface area contributed by atoms with Crippen molar-refractivity contribution < 1.29 is 20.4 Å². The second-order valence-corrected chi connectivity index (χ2v) is 1.78. The molecule has 0 saturated carbocycles. The van der Waals surface area contributed by atoms with E-state index in [0.29, 0.717) is 5.75 Å². The Morgan fingerprint density at radius 1 is 0.923 bits per heavy atom. The molecule has 4 N–H and O–H groups in total. The number of hydrogen-bond donors (Lipinski definition) is 4. The van der Waals surface area contributed by atoms with Gasteiger partial charge in [0.1, 0.15) is 5.75 Å². The number of para-hydroxylation sites is 1. The van der Waals surface area contributed by atoms with Crippen molar-refractivity contribution in [3.8, 4) is 5.75 Å². The number of benzene rings is 1. The van der Waals surface area contributed by atoms with E-state index in [1.54, 1.807) is 24.3 Å². The summed E-state index contributed by atoms with van der Waals surface area (Å²) in [6, 6.07) is 8.71. The molecule has 1 rings (SSSR count). The van der Waals surface area contributed by atoms with Crippen LogP contribution in [0.2, 0.25) is 0 Å². The predicted octanol–water partition coefficient (Wildman–Crippen LogP) is -0.0283. The molecule has 0 bridgehead atoms. The minimum absolute atomic E-state index is 0.125. The maximum atomic E-state index is 8.63. The first-order valence-corrected chi connectivity index (χ1v) is 3.71. The fourth-order valence-electron chi connectivity index (χ4n) is 0.428. The smallest absolute Gasteiger partial charge is 0.115 e. The minimum Gasteiger partial charge on any atom is -0.508 e. The third-order valence-electron chi connectivity index (χ3n) is 0.856. The highest BCUT2D eigenvalue weighted by atomic mass is 16.3. The monoisotopic (exact) mass is 188 g/mol. The number of phenolic OH excluding ortho intramolecular Hbond substituents is 1. The van der Waals surface area contributed by atoms with Gasteiger partial charge in [-0.15, -0.1) is 0 Å². The van der Waals surface area contributed by atoms with Crippen LogP contribution in [0.3, 0.4) is 0 Å². The molecule has 1 aromatic carbocycles. The van der Waals surface area contributed by atoms with E-state index in [1.807, 2.05) is 6.07 Å². The van der Waals surface area contributed by atoms with Crippen LogP contribution in [0.1, 0.15) is 0 Å². The Morgan fingerprint density at radius 3 is 1.46 bits per heavy atom. The van der Waals surface area contributed by atoms with E-state index in [9.17, 15) is 0 Å². The van der Waals surface area contributed by atoms with E-state index in [4.69, 9.17) is 20.4 Å². The molecule has 0 atom stereocenters. The number of rotatable bonds is 1. The summed E-state index contributed by atoms with van der Waals surface area (Å²) >= 11 is 0. The molecule has 13 heavy (non-hydrogen) atoms. The van der Waals surface area contributed by atoms with Crippen LogP contribution >= 0.6 is 0 Å². The Kier molecular flexibility index (Phi) is 15.0. The normalized spacial score (nSPS) is 7.38. The van der Waals surface area contributed by atoms with E-state index in [-0.39, 0.29) is 13.2 Å². The molecule has 76 valence electrons. The first kappa shape index (κ1) is 14.4. The fraction of sp³-hybridized carbons (Fsp3) is 0.333. The van der Waals surface area contributed by atoms with E-state index in [1.165, 1.54) is 0 Å². The van der Waals surface area contributed by atoms with Crippen molar-refractivity contribution in [2.45, 2.75) is 0 Å². The van der Waals surface area contributed by atoms with Gasteiger partial charge in [0, 0.05) is 7.11 Å². The molecule has 0 aromatic heterocycles. The molecule has 0 aliphatic carbocycles. The summed E-state index contributed by atoms with van der Waals surface area (Å²) in [7, 11) is 1.00. The van der Waals surface area contributed by atoms with Crippen LogP contribution in [0.4, 0.5) is 0 Å². The van der Waals surface area contributed by atoms with Crippen molar-refractivity contribution >= 4 is 0 Å². The average Bonchev–Trinajstić information content (AvgIpc) is 2.22. The summed E-state index contributed by atoms with van der Waals surface area (Å²) < 4.78 is 0. The number of aromatic hydroxyl groups is 1. The largest absolute Gasteiger partial charge is 0.508 e. The first-order valence-electron chi connectivity index (χ1n) is 3.71. The number of hydrogen-bond acceptors (Lipinski definition) is 4. The van der Waals surface area contributed by atoms with Gasteiger partial charge in [0.15, 0.2) is 0 Å². The zero-order valence-electron chi connectivity index (χ0n) is 7.59. The number of phenols is 1. The molecular weight excluding hydrogens is 172 g/mol. The van der Waals surface area contributed by atoms with Crippen molar-refractivity contribution in [3.63, 3.8) is 0 Å². The number of aliphatic hydroxyl groups excluding tert-OH is 3. The second kappa shape index (κ2) is 13.5. The molecule has 0 unspecified atom stereocenters. The molecule has 0 spiro atoms. The molecule has 0 heterocycles. The Hall–Kier alpha value is -1.10. The van der Waals surface area contributed by atoms with Crippen LogP contribution in [-0.2, 0) is 0 Å². The molecule has 4 heteroatoms. The van der Waals surface area contributed by atoms with Gasteiger partial charge in [0.05, 0.1) is 13.2 Å². The Balaban J connectivity index is 0. The van der Waals surface area contributed by atoms with E-state index >= 15 is 0 Å². The third kappa shape index (κ3) is 13.8. The summed E-state index contributed by atoms with van der Waals surface area (Å²) in [5, 5.41) is 30.9. The van der Waals surface area contributed by atoms with E-state index in [0.717, 1.165) is 7.11 Å². The Bertz CT molecular complexity index is 163. The fourth-order valence-corrected chi connectivity index (χ4v) is 0.428. The van der Waals surface area contributed by atoms with Gasteiger partial charge in [-0.2, -0.15) is 0 Å². The van der Waals surface area contributed by atoms with Crippen molar-refractivity contribution in [1.82, 2.24) is 0 Å². The molecular formula is C9H16O4. The van der Waals surface area contributed by atoms with Crippen LogP contribution in [0.5, 0.6) is 5.75 Å². The molecule has 1 aromatic rings. The minimum atomic E-state index is -0.125. The Morgan fingerprint density at radius 2 is 1.31 bits per heavy atom. The predicted molar refractivity (Wildman–Crippen MR) is 50.4 cm³/mol. The van der Waals surface area contributed by atoms with Crippen LogP contribution in [0.25, 0.3) is 0 Å². The summed E-state index contributed by atoms with van der Waals surface area (Å²) in [6.07, 6.45) is 0. The lowest BCUT2D eigenvalue weighted by atomic mass is 10.3. The number of aliphatic hydroxyl groups is 3. The van der Waals surface area contributed by atoms with Crippen LogP contribution in [0, 0.1) is 0 Å². The zero-order valence-corrected chi connectivity index (χ0v) is 7.59. The van der Waals surface area contributed by atoms with Gasteiger partial charge in [-0.05, 0) is 12.1 Å². The van der Waals surface area contributed by atoms with Crippen LogP contribution in [-0.4, -0.2) is 40.7 Å². The van der Waals surface area contributed by atoms with Crippen molar-refractivity contribution in [1.29, 1.82) is 0 Å². The van der Waals surface area contributed by atoms with Crippen LogP contribution < -0.4 is 0 Å². The molecule has 0 amide bonds. The zero-order chi connectivity index (χ0) is 10.5. The quantitative estimate of drug-likeness (QED) is 0.499. The maximum absolute atomic E-state index is 8.63. The first-order chi connectivity index (χ1) is 6.31. The van der Waals surface area contributed by atoms with Gasteiger partial charge < -0.3 is 20.4 Å². The summed E-state index contributed by atoms with van der Waals surface area (Å²) in [5.41, 5.74) is 0. The van der Waals surface area contributed by atoms with Crippen molar-refractivity contribution in [3.05, 3.63) is 30.3 Å². The highest BCUT2D eigenvalue weighted by molar-refractivity contribution is 5.18. The second-order valence-electron chi connectivity index (χ2n) is 1.78. The van der Waals surface area contributed by atoms with E-state index < -0.39 is 0 Å². The molecule has 0 aliphatic heterocycles. The van der Waals surface area contributed by atoms with Gasteiger partial charge in [-0.1, -0.05) is 18.2 Å². The molecule has 0 fully saturated rings. The maximum Gasteiger partial charge on any atom is 0.115 e. The summed E-state index contributed by atoms with van der Waals surface area (Å²) in [4.78, 5) is 0. The van der Waals surface area contributed by atoms with Crippen molar-refractivity contribution in [2.75, 3.05) is 20.3 Å². The van der Waals surface area contributed by atoms with E-state index in [2.05, 4.69) is 0 Å². The van der Waals surface area contributed by atoms with Crippen LogP contribution in [0.15, 0.2) is 30.3 Å². The van der Waals surface area contributed by atoms with Gasteiger partial charge in [0.25, 0.3) is 0 Å². The lowest BCUT2D eigenvalue weighted by molar-refractivity contribution is 0.186. The van der Waals surface area contributed by atoms with Gasteiger partial charge >= 0.3 is 0 Å². The molecule has 4 nitrogen and oxygen atoms in total. The van der Waals surface area contributed by atoms with Gasteiger partial charge in [0.2, 0.25) is 0 Å². The third-order valence-corrected chi connectivity index (χ3v) is 0.856. The lowest BCUT2D eigenvalue weighted by Crippen LogP contribution is -1.85. The van der Waals surface area contributed by atoms with Gasteiger partial charge in [-0.3, -0.25) is 0 Å². The Labute approximate surface area is 77.7 Å². The lowest BCUT2D eigenvalue weighted by Gasteiger charge is -1.82. The molecule has 0 radical (unpaired) electrons.